The van der Waals surface area contributed by atoms with Crippen molar-refractivity contribution in [1.29, 1.82) is 0 Å². The molecule has 1 saturated heterocycles. The Balaban J connectivity index is 0.860. The maximum absolute atomic E-state index is 14.3. The summed E-state index contributed by atoms with van der Waals surface area (Å²) >= 11 is 13.5. The predicted molar refractivity (Wildman–Crippen MR) is 384 cm³/mol. The third kappa shape index (κ3) is 14.6. The van der Waals surface area contributed by atoms with Gasteiger partial charge in [-0.2, -0.15) is 0 Å². The second-order valence-corrected chi connectivity index (χ2v) is 35.3. The zero-order valence-electron chi connectivity index (χ0n) is 57.8. The molecule has 522 valence electrons. The molecule has 8 aliphatic rings. The molecule has 4 aromatic rings. The highest BCUT2D eigenvalue weighted by atomic mass is 35.5. The Hall–Kier alpha value is -5.14. The molecule has 3 aliphatic carbocycles. The number of ether oxygens (including phenoxy) is 4. The highest BCUT2D eigenvalue weighted by Crippen LogP contribution is 2.55. The molecule has 2 unspecified atom stereocenters. The number of sulfonamides is 2. The van der Waals surface area contributed by atoms with Crippen molar-refractivity contribution in [2.45, 2.75) is 184 Å². The standard InChI is InChI=1S/C77H103Cl2N5O10S2/c1-50(2)32-35-76(91-7)33-11-14-51(3)53(5)96(89,90)81-74(86)58-23-31-72-70(43-58)84(46-61-21-27-67(61)76)48-75(49-94-72)65-29-25-64(79)41-56(65)19-26-66(75)59-17-13-37-82(44-59)39-36-77(92-8)34-12-15-52(4)54(6)95(87,88)80-73(85)57-22-30-71-69(42-57)83(45-60-20-28-68(60)77)38-10-9-16-55-40-63(78)24-18-62(55)47-93-71/h11,18,22-25,29-33,40-43,51-54,59-61,66-68H,9-10,12-17,19-21,26-28,34-39,44-49H2,1-8H3,(H,80,85)(H,81,86)/b33-11+/t51-,52-,53+,54+,59?,60-,61-,66?,67+,68+,75+,76-,77-/m0/s1. The van der Waals surface area contributed by atoms with Crippen molar-refractivity contribution in [1.82, 2.24) is 14.3 Å². The Morgan fingerprint density at radius 1 is 0.635 bits per heavy atom. The van der Waals surface area contributed by atoms with Crippen molar-refractivity contribution in [2.75, 3.05) is 76.4 Å². The highest BCUT2D eigenvalue weighted by molar-refractivity contribution is 7.91. The van der Waals surface area contributed by atoms with E-state index in [2.05, 4.69) is 68.4 Å². The molecular weight excluding hydrogens is 1290 g/mol. The number of nitrogens with one attached hydrogen (secondary N) is 2. The summed E-state index contributed by atoms with van der Waals surface area (Å²) in [6, 6.07) is 23.3. The summed E-state index contributed by atoms with van der Waals surface area (Å²) in [4.78, 5) is 36.0. The lowest BCUT2D eigenvalue weighted by Gasteiger charge is -2.53. The van der Waals surface area contributed by atoms with Crippen LogP contribution in [0, 0.1) is 47.3 Å². The number of carbonyl (C=O) groups excluding carboxylic acids is 2. The smallest absolute Gasteiger partial charge is 0.264 e. The lowest BCUT2D eigenvalue weighted by molar-refractivity contribution is -0.125. The molecular formula is C77H103Cl2N5O10S2. The first-order valence-corrected chi connectivity index (χ1v) is 39.6. The minimum absolute atomic E-state index is 0.169. The zero-order chi connectivity index (χ0) is 67.9. The minimum atomic E-state index is -4.07. The number of amides is 2. The van der Waals surface area contributed by atoms with Crippen molar-refractivity contribution in [3.63, 3.8) is 0 Å². The maximum atomic E-state index is 14.3. The van der Waals surface area contributed by atoms with Gasteiger partial charge in [-0.1, -0.05) is 79.4 Å². The first-order chi connectivity index (χ1) is 45.9. The number of anilines is 2. The van der Waals surface area contributed by atoms with Crippen molar-refractivity contribution < 1.29 is 45.4 Å². The normalized spacial score (nSPS) is 33.0. The Labute approximate surface area is 582 Å². The third-order valence-electron chi connectivity index (χ3n) is 24.6. The first-order valence-electron chi connectivity index (χ1n) is 35.8. The van der Waals surface area contributed by atoms with Gasteiger partial charge in [0.05, 0.1) is 45.1 Å². The van der Waals surface area contributed by atoms with E-state index in [1.54, 1.807) is 26.0 Å². The Morgan fingerprint density at radius 2 is 1.28 bits per heavy atom. The average Bonchev–Trinajstić information content (AvgIpc) is 1.30. The molecule has 96 heavy (non-hydrogen) atoms. The van der Waals surface area contributed by atoms with Crippen LogP contribution in [0.4, 0.5) is 11.4 Å². The number of rotatable bonds is 8. The number of halogens is 2. The van der Waals surface area contributed by atoms with Crippen LogP contribution in [0.2, 0.25) is 10.0 Å². The van der Waals surface area contributed by atoms with Gasteiger partial charge in [-0.25, -0.2) is 26.3 Å². The van der Waals surface area contributed by atoms with Crippen LogP contribution < -0.4 is 28.7 Å². The first kappa shape index (κ1) is 70.7. The molecule has 2 amide bonds. The van der Waals surface area contributed by atoms with Gasteiger partial charge in [0.15, 0.2) is 0 Å². The van der Waals surface area contributed by atoms with Gasteiger partial charge < -0.3 is 33.6 Å². The molecule has 13 atom stereocenters. The van der Waals surface area contributed by atoms with Gasteiger partial charge in [0, 0.05) is 74.7 Å². The number of fused-ring (bicyclic) bond motifs is 7. The summed E-state index contributed by atoms with van der Waals surface area (Å²) in [5, 5.41) is -0.246. The van der Waals surface area contributed by atoms with E-state index in [0.29, 0.717) is 78.9 Å². The lowest BCUT2D eigenvalue weighted by atomic mass is 9.58. The lowest BCUT2D eigenvalue weighted by Crippen LogP contribution is -2.57. The van der Waals surface area contributed by atoms with Crippen LogP contribution in [0.3, 0.4) is 0 Å². The average molecular weight is 1390 g/mol. The van der Waals surface area contributed by atoms with Crippen LogP contribution in [-0.4, -0.2) is 122 Å². The molecule has 3 fully saturated rings. The summed E-state index contributed by atoms with van der Waals surface area (Å²) < 4.78 is 89.2. The molecule has 5 aliphatic heterocycles. The van der Waals surface area contributed by atoms with Gasteiger partial charge in [-0.05, 0) is 267 Å². The van der Waals surface area contributed by atoms with Crippen LogP contribution in [-0.2, 0) is 54.4 Å². The molecule has 15 nitrogen and oxygen atoms in total. The monoisotopic (exact) mass is 1390 g/mol. The quantitative estimate of drug-likeness (QED) is 0.160. The highest BCUT2D eigenvalue weighted by Gasteiger charge is 2.54. The van der Waals surface area contributed by atoms with Gasteiger partial charge in [0.2, 0.25) is 20.0 Å². The summed E-state index contributed by atoms with van der Waals surface area (Å²) in [7, 11) is -4.38. The third-order valence-corrected chi connectivity index (χ3v) is 28.9. The number of likely N-dealkylation sites (tertiary alicyclic amines) is 1. The number of nitrogens with zero attached hydrogens (tertiary/aromatic N) is 3. The van der Waals surface area contributed by atoms with Crippen molar-refractivity contribution >= 4 is 66.4 Å². The Bertz CT molecular complexity index is 3810. The number of allylic oxidation sites excluding steroid dienone is 2. The topological polar surface area (TPSA) is 173 Å². The van der Waals surface area contributed by atoms with Crippen molar-refractivity contribution in [3.05, 3.63) is 140 Å². The van der Waals surface area contributed by atoms with E-state index in [-0.39, 0.29) is 46.6 Å². The molecule has 2 saturated carbocycles. The van der Waals surface area contributed by atoms with E-state index in [0.717, 1.165) is 140 Å². The van der Waals surface area contributed by atoms with Crippen molar-refractivity contribution in [2.24, 2.45) is 47.3 Å². The molecule has 0 aromatic heterocycles. The summed E-state index contributed by atoms with van der Waals surface area (Å²) in [5.41, 5.74) is 6.47. The van der Waals surface area contributed by atoms with E-state index in [1.807, 2.05) is 76.6 Å². The van der Waals surface area contributed by atoms with E-state index in [1.165, 1.54) is 22.3 Å². The summed E-state index contributed by atoms with van der Waals surface area (Å²) in [6.07, 6.45) is 21.5. The molecule has 12 rings (SSSR count). The Morgan fingerprint density at radius 3 is 1.96 bits per heavy atom. The number of hydrogen-bond acceptors (Lipinski definition) is 13. The van der Waals surface area contributed by atoms with Crippen LogP contribution in [0.1, 0.15) is 181 Å². The van der Waals surface area contributed by atoms with Crippen LogP contribution in [0.5, 0.6) is 11.5 Å². The molecule has 2 N–H and O–H groups in total. The fraction of sp³-hybridized carbons (Fsp3) is 0.610. The van der Waals surface area contributed by atoms with Gasteiger partial charge >= 0.3 is 0 Å². The SMILES string of the molecule is CO[C@]1(CCN2CCCC(C3CCc4cc(Cl)ccc4[C@@]34COc3ccc5cc3N(C[C@@H]3CC[C@H]3[C@](CC=C(C)C)(OC)/C=C/C[C@H](C)[C@@H](C)S(=O)(=O)NC5=O)C4)C2)CCC[C@H](C)[C@@H](C)S(=O)(=O)NC(=O)c2ccc3c(c2)N(CCCCc2cc(Cl)ccc2CO3)C[C@@H]2CC[C@H]21. The molecule has 19 heteroatoms. The number of piperidine rings is 1. The number of carbonyl (C=O) groups is 2. The number of methoxy groups -OCH3 is 2. The minimum Gasteiger partial charge on any atom is -0.490 e. The van der Waals surface area contributed by atoms with E-state index in [4.69, 9.17) is 42.1 Å². The van der Waals surface area contributed by atoms with Crippen LogP contribution >= 0.6 is 23.2 Å². The Kier molecular flexibility index (Phi) is 21.5. The van der Waals surface area contributed by atoms with Gasteiger partial charge in [0.1, 0.15) is 18.1 Å². The second kappa shape index (κ2) is 29.2. The fourth-order valence-corrected chi connectivity index (χ4v) is 21.2. The molecule has 4 aromatic carbocycles. The van der Waals surface area contributed by atoms with Crippen LogP contribution in [0.15, 0.2) is 96.6 Å². The second-order valence-electron chi connectivity index (χ2n) is 30.3. The number of aryl methyl sites for hydroxylation is 2. The number of hydrogen-bond donors (Lipinski definition) is 2. The van der Waals surface area contributed by atoms with E-state index >= 15 is 0 Å². The molecule has 0 radical (unpaired) electrons. The van der Waals surface area contributed by atoms with E-state index < -0.39 is 59.0 Å². The van der Waals surface area contributed by atoms with Crippen LogP contribution in [0.25, 0.3) is 0 Å². The largest absolute Gasteiger partial charge is 0.490 e. The molecule has 4 bridgehead atoms. The maximum Gasteiger partial charge on any atom is 0.264 e. The van der Waals surface area contributed by atoms with Gasteiger partial charge in [-0.15, -0.1) is 0 Å². The summed E-state index contributed by atoms with van der Waals surface area (Å²) in [6.45, 7) is 17.8. The van der Waals surface area contributed by atoms with Gasteiger partial charge in [-0.3, -0.25) is 9.59 Å². The fourth-order valence-electron chi connectivity index (χ4n) is 18.2. The van der Waals surface area contributed by atoms with Crippen molar-refractivity contribution in [3.8, 4) is 11.5 Å². The summed E-state index contributed by atoms with van der Waals surface area (Å²) in [5.74, 6) is 0.972. The predicted octanol–water partition coefficient (Wildman–Crippen LogP) is 14.7. The molecule has 5 heterocycles. The molecule has 1 spiro atoms. The van der Waals surface area contributed by atoms with Gasteiger partial charge in [0.25, 0.3) is 11.8 Å². The zero-order valence-corrected chi connectivity index (χ0v) is 61.0. The number of benzene rings is 4. The van der Waals surface area contributed by atoms with E-state index in [9.17, 15) is 26.4 Å².